The first kappa shape index (κ1) is 15.9. The van der Waals surface area contributed by atoms with Crippen molar-refractivity contribution in [2.45, 2.75) is 13.2 Å². The number of nitrogens with one attached hydrogen (secondary N) is 1. The summed E-state index contributed by atoms with van der Waals surface area (Å²) in [7, 11) is 1.73. The second kappa shape index (κ2) is 6.95. The van der Waals surface area contributed by atoms with Gasteiger partial charge in [0.25, 0.3) is 0 Å². The summed E-state index contributed by atoms with van der Waals surface area (Å²) >= 11 is 2.98. The van der Waals surface area contributed by atoms with Crippen molar-refractivity contribution < 1.29 is 17.9 Å². The second-order valence-corrected chi connectivity index (χ2v) is 5.29. The minimum absolute atomic E-state index is 0.151. The molecular weight excluding hydrogens is 347 g/mol. The number of hydrogen-bond donors (Lipinski definition) is 1. The van der Waals surface area contributed by atoms with Crippen molar-refractivity contribution in [1.82, 2.24) is 5.32 Å². The second-order valence-electron chi connectivity index (χ2n) is 4.44. The molecule has 0 atom stereocenters. The Balaban J connectivity index is 2.19. The van der Waals surface area contributed by atoms with Gasteiger partial charge < -0.3 is 10.1 Å². The number of benzene rings is 2. The van der Waals surface area contributed by atoms with Crippen LogP contribution in [-0.2, 0) is 13.2 Å². The van der Waals surface area contributed by atoms with Crippen molar-refractivity contribution in [3.63, 3.8) is 0 Å². The molecule has 0 unspecified atom stereocenters. The molecule has 0 aromatic heterocycles. The van der Waals surface area contributed by atoms with Gasteiger partial charge in [0.05, 0.1) is 10.0 Å². The zero-order valence-electron chi connectivity index (χ0n) is 11.2. The molecule has 0 spiro atoms. The zero-order chi connectivity index (χ0) is 15.4. The first-order valence-electron chi connectivity index (χ1n) is 6.20. The van der Waals surface area contributed by atoms with Crippen molar-refractivity contribution in [3.8, 4) is 5.75 Å². The van der Waals surface area contributed by atoms with Crippen LogP contribution in [0.3, 0.4) is 0 Å². The van der Waals surface area contributed by atoms with Crippen molar-refractivity contribution in [2.75, 3.05) is 7.05 Å². The Morgan fingerprint density at radius 1 is 1.14 bits per heavy atom. The van der Waals surface area contributed by atoms with E-state index in [4.69, 9.17) is 4.74 Å². The van der Waals surface area contributed by atoms with Crippen LogP contribution in [0.2, 0.25) is 0 Å². The van der Waals surface area contributed by atoms with Gasteiger partial charge in [0.15, 0.2) is 0 Å². The maximum atomic E-state index is 13.8. The van der Waals surface area contributed by atoms with Gasteiger partial charge in [-0.3, -0.25) is 0 Å². The lowest BCUT2D eigenvalue weighted by Gasteiger charge is -2.10. The lowest BCUT2D eigenvalue weighted by atomic mass is 10.2. The third kappa shape index (κ3) is 3.98. The minimum Gasteiger partial charge on any atom is -0.489 e. The Kier molecular flexibility index (Phi) is 5.25. The smallest absolute Gasteiger partial charge is 0.146 e. The largest absolute Gasteiger partial charge is 0.489 e. The van der Waals surface area contributed by atoms with Gasteiger partial charge in [0.2, 0.25) is 0 Å². The van der Waals surface area contributed by atoms with E-state index in [1.54, 1.807) is 13.1 Å². The van der Waals surface area contributed by atoms with E-state index in [-0.39, 0.29) is 22.4 Å². The molecule has 0 aliphatic carbocycles. The number of ether oxygens (including phenoxy) is 1. The molecule has 112 valence electrons. The van der Waals surface area contributed by atoms with Crippen molar-refractivity contribution in [3.05, 3.63) is 63.4 Å². The number of halogens is 4. The molecule has 0 bridgehead atoms. The Hall–Kier alpha value is -1.53. The van der Waals surface area contributed by atoms with E-state index in [2.05, 4.69) is 21.2 Å². The summed E-state index contributed by atoms with van der Waals surface area (Å²) in [4.78, 5) is 0. The van der Waals surface area contributed by atoms with E-state index in [1.807, 2.05) is 0 Å². The molecule has 0 radical (unpaired) electrons. The monoisotopic (exact) mass is 359 g/mol. The molecule has 2 nitrogen and oxygen atoms in total. The highest BCUT2D eigenvalue weighted by Crippen LogP contribution is 2.24. The molecule has 1 N–H and O–H groups in total. The molecule has 0 amide bonds. The van der Waals surface area contributed by atoms with Gasteiger partial charge in [-0.1, -0.05) is 0 Å². The molecule has 0 heterocycles. The van der Waals surface area contributed by atoms with Crippen LogP contribution in [-0.4, -0.2) is 7.05 Å². The first-order chi connectivity index (χ1) is 10.0. The summed E-state index contributed by atoms with van der Waals surface area (Å²) in [6.45, 7) is 0.146. The Labute approximate surface area is 129 Å². The quantitative estimate of drug-likeness (QED) is 0.809. The topological polar surface area (TPSA) is 21.3 Å². The van der Waals surface area contributed by atoms with E-state index in [0.29, 0.717) is 12.1 Å². The van der Waals surface area contributed by atoms with Crippen molar-refractivity contribution in [2.24, 2.45) is 0 Å². The van der Waals surface area contributed by atoms with Crippen molar-refractivity contribution in [1.29, 1.82) is 0 Å². The molecule has 0 saturated heterocycles. The average molecular weight is 360 g/mol. The highest BCUT2D eigenvalue weighted by molar-refractivity contribution is 9.10. The Morgan fingerprint density at radius 2 is 1.90 bits per heavy atom. The van der Waals surface area contributed by atoms with Crippen LogP contribution in [0.5, 0.6) is 5.75 Å². The van der Waals surface area contributed by atoms with Crippen LogP contribution in [0.4, 0.5) is 13.2 Å². The van der Waals surface area contributed by atoms with Gasteiger partial charge in [-0.25, -0.2) is 13.2 Å². The van der Waals surface area contributed by atoms with Gasteiger partial charge in [-0.05, 0) is 52.8 Å². The average Bonchev–Trinajstić information content (AvgIpc) is 2.43. The molecule has 0 saturated carbocycles. The number of hydrogen-bond acceptors (Lipinski definition) is 2. The van der Waals surface area contributed by atoms with E-state index in [9.17, 15) is 13.2 Å². The predicted octanol–water partition coefficient (Wildman–Crippen LogP) is 4.16. The first-order valence-corrected chi connectivity index (χ1v) is 7.00. The molecule has 6 heteroatoms. The van der Waals surface area contributed by atoms with Crippen LogP contribution in [0.15, 0.2) is 34.8 Å². The minimum atomic E-state index is -0.721. The maximum Gasteiger partial charge on any atom is 0.146 e. The lowest BCUT2D eigenvalue weighted by Crippen LogP contribution is -2.06. The maximum absolute atomic E-state index is 13.8. The third-order valence-corrected chi connectivity index (χ3v) is 3.45. The SMILES string of the molecule is CNCc1cc(F)cc(OCc2c(F)ccc(Br)c2F)c1. The fraction of sp³-hybridized carbons (Fsp3) is 0.200. The Morgan fingerprint density at radius 3 is 2.62 bits per heavy atom. The summed E-state index contributed by atoms with van der Waals surface area (Å²) < 4.78 is 46.3. The van der Waals surface area contributed by atoms with Crippen LogP contribution in [0, 0.1) is 17.5 Å². The molecular formula is C15H13BrF3NO. The third-order valence-electron chi connectivity index (χ3n) is 2.83. The normalized spacial score (nSPS) is 10.7. The van der Waals surface area contributed by atoms with Crippen molar-refractivity contribution >= 4 is 15.9 Å². The molecule has 0 fully saturated rings. The lowest BCUT2D eigenvalue weighted by molar-refractivity contribution is 0.290. The van der Waals surface area contributed by atoms with Gasteiger partial charge in [0, 0.05) is 12.6 Å². The van der Waals surface area contributed by atoms with Gasteiger partial charge in [-0.15, -0.1) is 0 Å². The standard InChI is InChI=1S/C15H13BrF3NO/c1-20-7-9-4-10(17)6-11(5-9)21-8-12-14(18)3-2-13(16)15(12)19/h2-6,20H,7-8H2,1H3. The summed E-state index contributed by atoms with van der Waals surface area (Å²) in [5.41, 5.74) is 0.478. The number of rotatable bonds is 5. The molecule has 0 aliphatic rings. The summed E-state index contributed by atoms with van der Waals surface area (Å²) in [5, 5.41) is 2.89. The van der Waals surface area contributed by atoms with E-state index in [1.165, 1.54) is 18.2 Å². The van der Waals surface area contributed by atoms with E-state index >= 15 is 0 Å². The van der Waals surface area contributed by atoms with Crippen LogP contribution in [0.1, 0.15) is 11.1 Å². The predicted molar refractivity (Wildman–Crippen MR) is 77.6 cm³/mol. The van der Waals surface area contributed by atoms with E-state index < -0.39 is 17.5 Å². The van der Waals surface area contributed by atoms with Gasteiger partial charge in [-0.2, -0.15) is 0 Å². The molecule has 2 rings (SSSR count). The molecule has 0 aliphatic heterocycles. The fourth-order valence-corrected chi connectivity index (χ4v) is 2.24. The summed E-state index contributed by atoms with van der Waals surface area (Å²) in [5.74, 6) is -1.67. The van der Waals surface area contributed by atoms with Gasteiger partial charge in [0.1, 0.15) is 29.8 Å². The van der Waals surface area contributed by atoms with Gasteiger partial charge >= 0.3 is 0 Å². The highest BCUT2D eigenvalue weighted by Gasteiger charge is 2.13. The fourth-order valence-electron chi connectivity index (χ4n) is 1.87. The highest BCUT2D eigenvalue weighted by atomic mass is 79.9. The van der Waals surface area contributed by atoms with Crippen LogP contribution < -0.4 is 10.1 Å². The Bertz CT molecular complexity index is 649. The molecule has 21 heavy (non-hydrogen) atoms. The molecule has 2 aromatic rings. The van der Waals surface area contributed by atoms with Crippen LogP contribution in [0.25, 0.3) is 0 Å². The summed E-state index contributed by atoms with van der Waals surface area (Å²) in [6.07, 6.45) is 0. The van der Waals surface area contributed by atoms with Crippen LogP contribution >= 0.6 is 15.9 Å². The zero-order valence-corrected chi connectivity index (χ0v) is 12.8. The summed E-state index contributed by atoms with van der Waals surface area (Å²) in [6, 6.07) is 6.58. The van der Waals surface area contributed by atoms with E-state index in [0.717, 1.165) is 6.07 Å². The molecule has 2 aromatic carbocycles.